The van der Waals surface area contributed by atoms with E-state index in [0.717, 1.165) is 41.1 Å². The standard InChI is InChI=1S/C36H44N4O6S2/c1-4-16-40(17-5-2)36(43)29-21-28(22-30(23-29)39-48(44,45)34-15-10-18-47-34)35(42)38-32(20-26-11-7-6-8-12-26)33(41)25-37-24-27-13-9-14-31(19-27)46-3/h6-15,18-19,21-23,32-33,37,39,41H,4-5,16-17,20,24-25H2,1-3H3,(H,38,42)/t32-,33+/m0/s1. The van der Waals surface area contributed by atoms with Crippen molar-refractivity contribution in [1.29, 1.82) is 0 Å². The van der Waals surface area contributed by atoms with E-state index < -0.39 is 28.1 Å². The first-order chi connectivity index (χ1) is 23.1. The van der Waals surface area contributed by atoms with E-state index in [9.17, 15) is 23.1 Å². The van der Waals surface area contributed by atoms with Gasteiger partial charge in [0.05, 0.1) is 24.9 Å². The molecule has 10 nitrogen and oxygen atoms in total. The van der Waals surface area contributed by atoms with Crippen molar-refractivity contribution < 1.29 is 27.9 Å². The van der Waals surface area contributed by atoms with Crippen LogP contribution in [0, 0.1) is 0 Å². The Balaban J connectivity index is 1.61. The number of hydrogen-bond donors (Lipinski definition) is 4. The molecule has 0 saturated carbocycles. The van der Waals surface area contributed by atoms with Crippen LogP contribution >= 0.6 is 11.3 Å². The second-order valence-corrected chi connectivity index (χ2v) is 14.3. The number of benzene rings is 3. The van der Waals surface area contributed by atoms with E-state index in [0.29, 0.717) is 26.1 Å². The van der Waals surface area contributed by atoms with Gasteiger partial charge in [0.1, 0.15) is 9.96 Å². The van der Waals surface area contributed by atoms with Gasteiger partial charge in [0.15, 0.2) is 0 Å². The summed E-state index contributed by atoms with van der Waals surface area (Å²) in [6.45, 7) is 5.65. The van der Waals surface area contributed by atoms with E-state index in [1.54, 1.807) is 23.5 Å². The summed E-state index contributed by atoms with van der Waals surface area (Å²) < 4.78 is 34.2. The highest BCUT2D eigenvalue weighted by atomic mass is 32.2. The number of amides is 2. The topological polar surface area (TPSA) is 137 Å². The van der Waals surface area contributed by atoms with Crippen LogP contribution in [0.4, 0.5) is 5.69 Å². The lowest BCUT2D eigenvalue weighted by Gasteiger charge is -2.25. The zero-order valence-corrected chi connectivity index (χ0v) is 29.1. The molecule has 48 heavy (non-hydrogen) atoms. The van der Waals surface area contributed by atoms with Gasteiger partial charge in [0.25, 0.3) is 21.8 Å². The largest absolute Gasteiger partial charge is 0.497 e. The minimum atomic E-state index is -3.95. The highest BCUT2D eigenvalue weighted by Gasteiger charge is 2.25. The molecule has 1 heterocycles. The number of ether oxygens (including phenoxy) is 1. The Kier molecular flexibility index (Phi) is 13.6. The fraction of sp³-hybridized carbons (Fsp3) is 0.333. The Morgan fingerprint density at radius 2 is 1.60 bits per heavy atom. The molecule has 256 valence electrons. The van der Waals surface area contributed by atoms with Crippen molar-refractivity contribution in [2.75, 3.05) is 31.5 Å². The summed E-state index contributed by atoms with van der Waals surface area (Å²) in [6, 6.07) is 23.9. The van der Waals surface area contributed by atoms with Crippen LogP contribution in [0.1, 0.15) is 58.5 Å². The van der Waals surface area contributed by atoms with Gasteiger partial charge < -0.3 is 25.4 Å². The molecule has 0 aliphatic carbocycles. The van der Waals surface area contributed by atoms with Crippen molar-refractivity contribution in [2.45, 2.75) is 56.0 Å². The quantitative estimate of drug-likeness (QED) is 0.111. The number of nitrogens with zero attached hydrogens (tertiary/aromatic N) is 1. The third-order valence-corrected chi connectivity index (χ3v) is 10.4. The molecule has 4 N–H and O–H groups in total. The van der Waals surface area contributed by atoms with Crippen molar-refractivity contribution in [3.63, 3.8) is 0 Å². The smallest absolute Gasteiger partial charge is 0.271 e. The minimum Gasteiger partial charge on any atom is -0.497 e. The van der Waals surface area contributed by atoms with Gasteiger partial charge in [0, 0.05) is 37.3 Å². The molecule has 2 amide bonds. The maximum atomic E-state index is 13.9. The molecule has 3 aromatic carbocycles. The first kappa shape index (κ1) is 36.6. The molecule has 0 unspecified atom stereocenters. The Morgan fingerprint density at radius 1 is 0.896 bits per heavy atom. The van der Waals surface area contributed by atoms with Crippen LogP contribution in [0.25, 0.3) is 0 Å². The van der Waals surface area contributed by atoms with Gasteiger partial charge in [0.2, 0.25) is 0 Å². The van der Waals surface area contributed by atoms with Crippen LogP contribution in [0.15, 0.2) is 94.5 Å². The molecular formula is C36H44N4O6S2. The minimum absolute atomic E-state index is 0.0901. The number of hydrogen-bond acceptors (Lipinski definition) is 8. The van der Waals surface area contributed by atoms with Gasteiger partial charge in [-0.25, -0.2) is 8.42 Å². The van der Waals surface area contributed by atoms with Gasteiger partial charge in [-0.3, -0.25) is 14.3 Å². The van der Waals surface area contributed by atoms with Crippen molar-refractivity contribution in [3.8, 4) is 5.75 Å². The number of carbonyl (C=O) groups excluding carboxylic acids is 2. The summed E-state index contributed by atoms with van der Waals surface area (Å²) in [5, 5.41) is 19.2. The molecule has 1 aromatic heterocycles. The molecule has 12 heteroatoms. The summed E-state index contributed by atoms with van der Waals surface area (Å²) in [4.78, 5) is 29.3. The number of carbonyl (C=O) groups is 2. The van der Waals surface area contributed by atoms with E-state index >= 15 is 0 Å². The first-order valence-electron chi connectivity index (χ1n) is 16.0. The van der Waals surface area contributed by atoms with E-state index in [1.165, 1.54) is 24.3 Å². The Labute approximate surface area is 287 Å². The molecular weight excluding hydrogens is 649 g/mol. The zero-order chi connectivity index (χ0) is 34.5. The monoisotopic (exact) mass is 692 g/mol. The number of nitrogens with one attached hydrogen (secondary N) is 3. The summed E-state index contributed by atoms with van der Waals surface area (Å²) in [5.41, 5.74) is 2.26. The fourth-order valence-electron chi connectivity index (χ4n) is 5.29. The number of methoxy groups -OCH3 is 1. The molecule has 0 spiro atoms. The molecule has 0 aliphatic heterocycles. The predicted octanol–water partition coefficient (Wildman–Crippen LogP) is 5.31. The van der Waals surface area contributed by atoms with Gasteiger partial charge in [-0.05, 0) is 72.2 Å². The van der Waals surface area contributed by atoms with Gasteiger partial charge >= 0.3 is 0 Å². The second-order valence-electron chi connectivity index (χ2n) is 11.4. The van der Waals surface area contributed by atoms with Crippen molar-refractivity contribution in [1.82, 2.24) is 15.5 Å². The van der Waals surface area contributed by atoms with Crippen molar-refractivity contribution >= 4 is 38.9 Å². The summed E-state index contributed by atoms with van der Waals surface area (Å²) in [6.07, 6.45) is 0.848. The van der Waals surface area contributed by atoms with Gasteiger partial charge in [-0.15, -0.1) is 11.3 Å². The lowest BCUT2D eigenvalue weighted by atomic mass is 10.00. The SMILES string of the molecule is CCCN(CCC)C(=O)c1cc(NS(=O)(=O)c2cccs2)cc(C(=O)N[C@@H](Cc2ccccc2)[C@H](O)CNCc2cccc(OC)c2)c1. The van der Waals surface area contributed by atoms with E-state index in [2.05, 4.69) is 15.4 Å². The highest BCUT2D eigenvalue weighted by Crippen LogP contribution is 2.24. The lowest BCUT2D eigenvalue weighted by molar-refractivity contribution is 0.0755. The molecule has 0 aliphatic rings. The summed E-state index contributed by atoms with van der Waals surface area (Å²) >= 11 is 1.06. The van der Waals surface area contributed by atoms with E-state index in [4.69, 9.17) is 4.74 Å². The Morgan fingerprint density at radius 3 is 2.27 bits per heavy atom. The predicted molar refractivity (Wildman–Crippen MR) is 190 cm³/mol. The first-order valence-corrected chi connectivity index (χ1v) is 18.4. The zero-order valence-electron chi connectivity index (χ0n) is 27.5. The van der Waals surface area contributed by atoms with Crippen LogP contribution < -0.4 is 20.1 Å². The average Bonchev–Trinajstić information content (AvgIpc) is 3.64. The molecule has 4 rings (SSSR count). The van der Waals surface area contributed by atoms with Crippen molar-refractivity contribution in [3.05, 3.63) is 113 Å². The van der Waals surface area contributed by atoms with Crippen LogP contribution in [0.2, 0.25) is 0 Å². The van der Waals surface area contributed by atoms with Crippen LogP contribution in [0.3, 0.4) is 0 Å². The maximum absolute atomic E-state index is 13.9. The molecule has 0 fully saturated rings. The molecule has 0 saturated heterocycles. The number of anilines is 1. The third kappa shape index (κ3) is 10.4. The Bertz CT molecular complexity index is 1730. The highest BCUT2D eigenvalue weighted by molar-refractivity contribution is 7.94. The number of aliphatic hydroxyl groups is 1. The lowest BCUT2D eigenvalue weighted by Crippen LogP contribution is -2.48. The second kappa shape index (κ2) is 17.8. The fourth-order valence-corrected chi connectivity index (χ4v) is 7.33. The normalized spacial score (nSPS) is 12.6. The number of sulfonamides is 1. The Hall–Kier alpha value is -4.23. The molecule has 2 atom stereocenters. The molecule has 0 radical (unpaired) electrons. The summed E-state index contributed by atoms with van der Waals surface area (Å²) in [7, 11) is -2.35. The van der Waals surface area contributed by atoms with Crippen LogP contribution in [-0.4, -0.2) is 69.1 Å². The van der Waals surface area contributed by atoms with Gasteiger partial charge in [-0.1, -0.05) is 62.4 Å². The van der Waals surface area contributed by atoms with E-state index in [-0.39, 0.29) is 33.5 Å². The average molecular weight is 693 g/mol. The number of thiophene rings is 1. The van der Waals surface area contributed by atoms with E-state index in [1.807, 2.05) is 68.4 Å². The molecule has 0 bridgehead atoms. The number of aliphatic hydroxyl groups excluding tert-OH is 1. The third-order valence-electron chi connectivity index (χ3n) is 7.62. The molecule has 4 aromatic rings. The van der Waals surface area contributed by atoms with Crippen molar-refractivity contribution in [2.24, 2.45) is 0 Å². The summed E-state index contributed by atoms with van der Waals surface area (Å²) in [5.74, 6) is -0.117. The maximum Gasteiger partial charge on any atom is 0.271 e. The number of rotatable bonds is 18. The van der Waals surface area contributed by atoms with Crippen LogP contribution in [0.5, 0.6) is 5.75 Å². The van der Waals surface area contributed by atoms with Crippen LogP contribution in [-0.2, 0) is 23.0 Å². The van der Waals surface area contributed by atoms with Gasteiger partial charge in [-0.2, -0.15) is 0 Å².